The van der Waals surface area contributed by atoms with Gasteiger partial charge >= 0.3 is 0 Å². The second-order valence-corrected chi connectivity index (χ2v) is 5.95. The minimum absolute atomic E-state index is 0.299. The molecule has 2 nitrogen and oxygen atoms in total. The first-order valence-electron chi connectivity index (χ1n) is 8.56. The maximum atomic E-state index is 9.83. The van der Waals surface area contributed by atoms with E-state index in [-0.39, 0.29) is 12.2 Å². The third-order valence-corrected chi connectivity index (χ3v) is 3.83. The van der Waals surface area contributed by atoms with Gasteiger partial charge in [-0.25, -0.2) is 0 Å². The lowest BCUT2D eigenvalue weighted by Gasteiger charge is -2.15. The Kier molecular flexibility index (Phi) is 14.3. The predicted molar refractivity (Wildman–Crippen MR) is 83.4 cm³/mol. The van der Waals surface area contributed by atoms with Crippen LogP contribution in [-0.4, -0.2) is 22.4 Å². The fourth-order valence-corrected chi connectivity index (χ4v) is 2.50. The van der Waals surface area contributed by atoms with Gasteiger partial charge in [0.2, 0.25) is 0 Å². The standard InChI is InChI=1S/C17H36O2/c1-3-5-7-8-9-10-11-12-14-17(19)15-16(18)13-6-4-2/h16-19H,3-15H2,1-2H3. The molecule has 0 aliphatic rings. The molecule has 19 heavy (non-hydrogen) atoms. The zero-order chi connectivity index (χ0) is 14.3. The van der Waals surface area contributed by atoms with Gasteiger partial charge in [0.15, 0.2) is 0 Å². The molecule has 2 unspecified atom stereocenters. The molecular formula is C17H36O2. The summed E-state index contributed by atoms with van der Waals surface area (Å²) in [5.74, 6) is 0. The topological polar surface area (TPSA) is 40.5 Å². The average Bonchev–Trinajstić information content (AvgIpc) is 2.39. The second-order valence-electron chi connectivity index (χ2n) is 5.95. The molecule has 0 rings (SSSR count). The second kappa shape index (κ2) is 14.3. The number of aliphatic hydroxyl groups is 2. The number of hydrogen-bond acceptors (Lipinski definition) is 2. The molecule has 0 spiro atoms. The van der Waals surface area contributed by atoms with Crippen molar-refractivity contribution in [1.29, 1.82) is 0 Å². The van der Waals surface area contributed by atoms with Crippen LogP contribution in [0.15, 0.2) is 0 Å². The van der Waals surface area contributed by atoms with Crippen molar-refractivity contribution in [2.45, 2.75) is 110 Å². The molecule has 0 amide bonds. The summed E-state index contributed by atoms with van der Waals surface area (Å²) >= 11 is 0. The Labute approximate surface area is 120 Å². The number of unbranched alkanes of at least 4 members (excludes halogenated alkanes) is 8. The molecule has 0 bridgehead atoms. The van der Waals surface area contributed by atoms with Gasteiger partial charge in [0.25, 0.3) is 0 Å². The van der Waals surface area contributed by atoms with Gasteiger partial charge in [-0.15, -0.1) is 0 Å². The van der Waals surface area contributed by atoms with Gasteiger partial charge in [-0.05, 0) is 19.3 Å². The lowest BCUT2D eigenvalue weighted by molar-refractivity contribution is 0.0683. The zero-order valence-electron chi connectivity index (χ0n) is 13.2. The van der Waals surface area contributed by atoms with Crippen molar-refractivity contribution in [3.8, 4) is 0 Å². The number of rotatable bonds is 14. The summed E-state index contributed by atoms with van der Waals surface area (Å²) in [5.41, 5.74) is 0. The van der Waals surface area contributed by atoms with Crippen molar-refractivity contribution < 1.29 is 10.2 Å². The van der Waals surface area contributed by atoms with Gasteiger partial charge in [-0.3, -0.25) is 0 Å². The third-order valence-electron chi connectivity index (χ3n) is 3.83. The van der Waals surface area contributed by atoms with E-state index in [4.69, 9.17) is 0 Å². The predicted octanol–water partition coefficient (Wildman–Crippen LogP) is 4.82. The van der Waals surface area contributed by atoms with Crippen LogP contribution in [0.2, 0.25) is 0 Å². The van der Waals surface area contributed by atoms with Gasteiger partial charge in [-0.1, -0.05) is 78.1 Å². The molecule has 0 radical (unpaired) electrons. The zero-order valence-corrected chi connectivity index (χ0v) is 13.2. The van der Waals surface area contributed by atoms with Gasteiger partial charge in [-0.2, -0.15) is 0 Å². The van der Waals surface area contributed by atoms with Gasteiger partial charge in [0.05, 0.1) is 12.2 Å². The number of aliphatic hydroxyl groups excluding tert-OH is 2. The van der Waals surface area contributed by atoms with Crippen LogP contribution >= 0.6 is 0 Å². The van der Waals surface area contributed by atoms with Crippen molar-refractivity contribution in [2.24, 2.45) is 0 Å². The normalized spacial score (nSPS) is 14.5. The van der Waals surface area contributed by atoms with Crippen LogP contribution in [-0.2, 0) is 0 Å². The molecule has 0 saturated carbocycles. The van der Waals surface area contributed by atoms with Crippen molar-refractivity contribution in [1.82, 2.24) is 0 Å². The van der Waals surface area contributed by atoms with E-state index in [1.807, 2.05) is 0 Å². The highest BCUT2D eigenvalue weighted by Crippen LogP contribution is 2.14. The molecule has 0 fully saturated rings. The fourth-order valence-electron chi connectivity index (χ4n) is 2.50. The Morgan fingerprint density at radius 3 is 1.53 bits per heavy atom. The fraction of sp³-hybridized carbons (Fsp3) is 1.00. The van der Waals surface area contributed by atoms with E-state index in [0.717, 1.165) is 32.1 Å². The van der Waals surface area contributed by atoms with Gasteiger partial charge in [0.1, 0.15) is 0 Å². The molecule has 0 heterocycles. The Morgan fingerprint density at radius 1 is 0.579 bits per heavy atom. The molecule has 2 heteroatoms. The summed E-state index contributed by atoms with van der Waals surface area (Å²) in [4.78, 5) is 0. The first-order valence-corrected chi connectivity index (χ1v) is 8.56. The van der Waals surface area contributed by atoms with E-state index < -0.39 is 0 Å². The van der Waals surface area contributed by atoms with Crippen LogP contribution in [0.3, 0.4) is 0 Å². The van der Waals surface area contributed by atoms with Crippen molar-refractivity contribution in [3.05, 3.63) is 0 Å². The van der Waals surface area contributed by atoms with E-state index >= 15 is 0 Å². The Bertz CT molecular complexity index is 171. The van der Waals surface area contributed by atoms with Gasteiger partial charge < -0.3 is 10.2 Å². The van der Waals surface area contributed by atoms with E-state index in [0.29, 0.717) is 6.42 Å². The molecule has 0 aromatic carbocycles. The van der Waals surface area contributed by atoms with Crippen LogP contribution in [0, 0.1) is 0 Å². The number of hydrogen-bond donors (Lipinski definition) is 2. The van der Waals surface area contributed by atoms with Crippen molar-refractivity contribution in [2.75, 3.05) is 0 Å². The van der Waals surface area contributed by atoms with Crippen LogP contribution in [0.25, 0.3) is 0 Å². The highest BCUT2D eigenvalue weighted by atomic mass is 16.3. The summed E-state index contributed by atoms with van der Waals surface area (Å²) in [7, 11) is 0. The molecule has 0 aliphatic heterocycles. The van der Waals surface area contributed by atoms with Crippen LogP contribution in [0.4, 0.5) is 0 Å². The quantitative estimate of drug-likeness (QED) is 0.445. The average molecular weight is 272 g/mol. The lowest BCUT2D eigenvalue weighted by atomic mass is 10.0. The summed E-state index contributed by atoms with van der Waals surface area (Å²) in [6, 6.07) is 0. The van der Waals surface area contributed by atoms with Crippen LogP contribution < -0.4 is 0 Å². The molecule has 2 N–H and O–H groups in total. The monoisotopic (exact) mass is 272 g/mol. The molecule has 0 aliphatic carbocycles. The first kappa shape index (κ1) is 18.9. The highest BCUT2D eigenvalue weighted by Gasteiger charge is 2.10. The maximum Gasteiger partial charge on any atom is 0.0564 e. The van der Waals surface area contributed by atoms with E-state index in [1.165, 1.54) is 44.9 Å². The Morgan fingerprint density at radius 2 is 1.00 bits per heavy atom. The van der Waals surface area contributed by atoms with Crippen LogP contribution in [0.5, 0.6) is 0 Å². The molecule has 116 valence electrons. The van der Waals surface area contributed by atoms with Crippen molar-refractivity contribution >= 4 is 0 Å². The van der Waals surface area contributed by atoms with Crippen LogP contribution in [0.1, 0.15) is 97.3 Å². The molecule has 0 aromatic rings. The minimum atomic E-state index is -0.302. The third kappa shape index (κ3) is 14.1. The summed E-state index contributed by atoms with van der Waals surface area (Å²) in [6.45, 7) is 4.37. The largest absolute Gasteiger partial charge is 0.393 e. The van der Waals surface area contributed by atoms with Gasteiger partial charge in [0, 0.05) is 0 Å². The van der Waals surface area contributed by atoms with E-state index in [9.17, 15) is 10.2 Å². The van der Waals surface area contributed by atoms with E-state index in [2.05, 4.69) is 13.8 Å². The molecule has 2 atom stereocenters. The molecular weight excluding hydrogens is 236 g/mol. The lowest BCUT2D eigenvalue weighted by Crippen LogP contribution is -2.17. The van der Waals surface area contributed by atoms with E-state index in [1.54, 1.807) is 0 Å². The Balaban J connectivity index is 3.26. The summed E-state index contributed by atoms with van der Waals surface area (Å²) in [5, 5.41) is 19.5. The molecule has 0 saturated heterocycles. The minimum Gasteiger partial charge on any atom is -0.393 e. The molecule has 0 aromatic heterocycles. The highest BCUT2D eigenvalue weighted by molar-refractivity contribution is 4.64. The summed E-state index contributed by atoms with van der Waals surface area (Å²) < 4.78 is 0. The SMILES string of the molecule is CCCCCCCCCCC(O)CC(O)CCCC. The first-order chi connectivity index (χ1) is 9.20. The maximum absolute atomic E-state index is 9.83. The smallest absolute Gasteiger partial charge is 0.0564 e. The van der Waals surface area contributed by atoms with Crippen molar-refractivity contribution in [3.63, 3.8) is 0 Å². The Hall–Kier alpha value is -0.0800. The summed E-state index contributed by atoms with van der Waals surface area (Å²) in [6.07, 6.45) is 14.2.